The molecule has 1 unspecified atom stereocenters. The van der Waals surface area contributed by atoms with Crippen molar-refractivity contribution < 1.29 is 14.3 Å². The summed E-state index contributed by atoms with van der Waals surface area (Å²) in [5, 5.41) is 1.47. The Kier molecular flexibility index (Phi) is 5.79. The smallest absolute Gasteiger partial charge is 0.352 e. The van der Waals surface area contributed by atoms with Crippen molar-refractivity contribution in [2.75, 3.05) is 0 Å². The third-order valence-corrected chi connectivity index (χ3v) is 4.28. The number of esters is 1. The SMILES string of the molecule is Cc1cc(OC(=O)C(C)Oc2ccc(Cl)cc2Cl)cc(C)c1Cl. The highest BCUT2D eigenvalue weighted by atomic mass is 35.5. The van der Waals surface area contributed by atoms with Crippen molar-refractivity contribution in [3.63, 3.8) is 0 Å². The molecule has 0 aliphatic heterocycles. The monoisotopic (exact) mass is 372 g/mol. The highest BCUT2D eigenvalue weighted by Gasteiger charge is 2.19. The Morgan fingerprint density at radius 2 is 1.65 bits per heavy atom. The zero-order valence-electron chi connectivity index (χ0n) is 12.8. The minimum Gasteiger partial charge on any atom is -0.477 e. The summed E-state index contributed by atoms with van der Waals surface area (Å²) in [6.07, 6.45) is -0.829. The number of ether oxygens (including phenoxy) is 2. The zero-order chi connectivity index (χ0) is 17.1. The van der Waals surface area contributed by atoms with Gasteiger partial charge in [-0.3, -0.25) is 0 Å². The standard InChI is InChI=1S/C17H15Cl3O3/c1-9-6-13(7-10(2)16(9)20)23-17(21)11(3)22-15-5-4-12(18)8-14(15)19/h4-8,11H,1-3H3. The van der Waals surface area contributed by atoms with Gasteiger partial charge >= 0.3 is 5.97 Å². The maximum absolute atomic E-state index is 12.2. The molecule has 0 aromatic heterocycles. The van der Waals surface area contributed by atoms with Crippen LogP contribution in [0.3, 0.4) is 0 Å². The first-order chi connectivity index (χ1) is 10.8. The lowest BCUT2D eigenvalue weighted by Crippen LogP contribution is -2.28. The summed E-state index contributed by atoms with van der Waals surface area (Å²) < 4.78 is 10.9. The van der Waals surface area contributed by atoms with Gasteiger partial charge in [-0.2, -0.15) is 0 Å². The largest absolute Gasteiger partial charge is 0.477 e. The van der Waals surface area contributed by atoms with Crippen molar-refractivity contribution in [2.24, 2.45) is 0 Å². The number of halogens is 3. The molecule has 3 nitrogen and oxygen atoms in total. The Balaban J connectivity index is 2.08. The van der Waals surface area contributed by atoms with Crippen LogP contribution in [0.5, 0.6) is 11.5 Å². The molecule has 0 N–H and O–H groups in total. The van der Waals surface area contributed by atoms with Crippen LogP contribution in [0.2, 0.25) is 15.1 Å². The molecule has 0 heterocycles. The molecule has 0 amide bonds. The van der Waals surface area contributed by atoms with Gasteiger partial charge in [0.05, 0.1) is 5.02 Å². The van der Waals surface area contributed by atoms with Crippen molar-refractivity contribution >= 4 is 40.8 Å². The van der Waals surface area contributed by atoms with Crippen molar-refractivity contribution in [1.82, 2.24) is 0 Å². The second kappa shape index (κ2) is 7.43. The van der Waals surface area contributed by atoms with E-state index in [-0.39, 0.29) is 0 Å². The van der Waals surface area contributed by atoms with Gasteiger partial charge in [-0.25, -0.2) is 4.79 Å². The first-order valence-electron chi connectivity index (χ1n) is 6.88. The van der Waals surface area contributed by atoms with E-state index in [2.05, 4.69) is 0 Å². The van der Waals surface area contributed by atoms with E-state index in [0.29, 0.717) is 26.6 Å². The molecule has 0 aliphatic rings. The second-order valence-electron chi connectivity index (χ2n) is 5.13. The summed E-state index contributed by atoms with van der Waals surface area (Å²) in [7, 11) is 0. The number of carbonyl (C=O) groups is 1. The van der Waals surface area contributed by atoms with Gasteiger partial charge in [0.15, 0.2) is 6.10 Å². The van der Waals surface area contributed by atoms with Crippen LogP contribution in [0.25, 0.3) is 0 Å². The molecule has 122 valence electrons. The summed E-state index contributed by atoms with van der Waals surface area (Å²) in [4.78, 5) is 12.2. The number of benzene rings is 2. The van der Waals surface area contributed by atoms with Gasteiger partial charge in [-0.1, -0.05) is 34.8 Å². The predicted octanol–water partition coefficient (Wildman–Crippen LogP) is 5.64. The zero-order valence-corrected chi connectivity index (χ0v) is 15.1. The van der Waals surface area contributed by atoms with Gasteiger partial charge in [-0.05, 0) is 62.2 Å². The number of rotatable bonds is 4. The van der Waals surface area contributed by atoms with Crippen LogP contribution in [-0.2, 0) is 4.79 Å². The Bertz CT molecular complexity index is 721. The molecule has 0 bridgehead atoms. The summed E-state index contributed by atoms with van der Waals surface area (Å²) in [6, 6.07) is 8.19. The van der Waals surface area contributed by atoms with Crippen LogP contribution < -0.4 is 9.47 Å². The lowest BCUT2D eigenvalue weighted by molar-refractivity contribution is -0.141. The lowest BCUT2D eigenvalue weighted by atomic mass is 10.1. The number of hydrogen-bond donors (Lipinski definition) is 0. The van der Waals surface area contributed by atoms with Crippen molar-refractivity contribution in [2.45, 2.75) is 26.9 Å². The molecule has 23 heavy (non-hydrogen) atoms. The van der Waals surface area contributed by atoms with E-state index >= 15 is 0 Å². The Morgan fingerprint density at radius 1 is 1.04 bits per heavy atom. The second-order valence-corrected chi connectivity index (χ2v) is 6.35. The number of hydrogen-bond acceptors (Lipinski definition) is 3. The molecular weight excluding hydrogens is 359 g/mol. The molecule has 0 saturated heterocycles. The van der Waals surface area contributed by atoms with Crippen LogP contribution in [0.1, 0.15) is 18.1 Å². The number of carbonyl (C=O) groups excluding carboxylic acids is 1. The maximum atomic E-state index is 12.2. The van der Waals surface area contributed by atoms with E-state index in [4.69, 9.17) is 44.3 Å². The molecule has 2 rings (SSSR count). The average molecular weight is 374 g/mol. The van der Waals surface area contributed by atoms with Crippen LogP contribution in [0.15, 0.2) is 30.3 Å². The molecule has 6 heteroatoms. The highest BCUT2D eigenvalue weighted by molar-refractivity contribution is 6.35. The molecule has 2 aromatic rings. The van der Waals surface area contributed by atoms with Gasteiger partial charge in [0.25, 0.3) is 0 Å². The van der Waals surface area contributed by atoms with E-state index < -0.39 is 12.1 Å². The molecular formula is C17H15Cl3O3. The fourth-order valence-electron chi connectivity index (χ4n) is 1.97. The van der Waals surface area contributed by atoms with Crippen LogP contribution >= 0.6 is 34.8 Å². The molecule has 1 atom stereocenters. The first kappa shape index (κ1) is 17.9. The molecule has 2 aromatic carbocycles. The fraction of sp³-hybridized carbons (Fsp3) is 0.235. The van der Waals surface area contributed by atoms with Gasteiger partial charge in [0.2, 0.25) is 0 Å². The molecule has 0 fully saturated rings. The summed E-state index contributed by atoms with van der Waals surface area (Å²) >= 11 is 17.9. The maximum Gasteiger partial charge on any atom is 0.352 e. The first-order valence-corrected chi connectivity index (χ1v) is 8.01. The van der Waals surface area contributed by atoms with Crippen molar-refractivity contribution in [3.8, 4) is 11.5 Å². The summed E-state index contributed by atoms with van der Waals surface area (Å²) in [5.74, 6) is 0.258. The predicted molar refractivity (Wildman–Crippen MR) is 93.1 cm³/mol. The van der Waals surface area contributed by atoms with Crippen LogP contribution in [-0.4, -0.2) is 12.1 Å². The normalized spacial score (nSPS) is 11.9. The van der Waals surface area contributed by atoms with Crippen LogP contribution in [0, 0.1) is 13.8 Å². The quantitative estimate of drug-likeness (QED) is 0.514. The molecule has 0 saturated carbocycles. The Labute approximate surface area is 150 Å². The fourth-order valence-corrected chi connectivity index (χ4v) is 2.54. The molecule has 0 spiro atoms. The Hall–Kier alpha value is -1.42. The van der Waals surface area contributed by atoms with E-state index in [9.17, 15) is 4.79 Å². The average Bonchev–Trinajstić information content (AvgIpc) is 2.47. The summed E-state index contributed by atoms with van der Waals surface area (Å²) in [5.41, 5.74) is 1.67. The minimum absolute atomic E-state index is 0.329. The van der Waals surface area contributed by atoms with E-state index in [1.807, 2.05) is 13.8 Å². The van der Waals surface area contributed by atoms with Gasteiger partial charge in [0.1, 0.15) is 11.5 Å². The van der Waals surface area contributed by atoms with Gasteiger partial charge in [0, 0.05) is 10.0 Å². The van der Waals surface area contributed by atoms with Crippen LogP contribution in [0.4, 0.5) is 0 Å². The highest BCUT2D eigenvalue weighted by Crippen LogP contribution is 2.29. The third kappa shape index (κ3) is 4.54. The molecule has 0 radical (unpaired) electrons. The topological polar surface area (TPSA) is 35.5 Å². The Morgan fingerprint density at radius 3 is 2.22 bits per heavy atom. The van der Waals surface area contributed by atoms with Gasteiger partial charge < -0.3 is 9.47 Å². The van der Waals surface area contributed by atoms with E-state index in [0.717, 1.165) is 11.1 Å². The van der Waals surface area contributed by atoms with E-state index in [1.165, 1.54) is 0 Å². The third-order valence-electron chi connectivity index (χ3n) is 3.16. The van der Waals surface area contributed by atoms with Gasteiger partial charge in [-0.15, -0.1) is 0 Å². The van der Waals surface area contributed by atoms with Crippen molar-refractivity contribution in [1.29, 1.82) is 0 Å². The van der Waals surface area contributed by atoms with E-state index in [1.54, 1.807) is 37.3 Å². The lowest BCUT2D eigenvalue weighted by Gasteiger charge is -2.15. The van der Waals surface area contributed by atoms with Crippen molar-refractivity contribution in [3.05, 3.63) is 56.5 Å². The molecule has 0 aliphatic carbocycles. The summed E-state index contributed by atoms with van der Waals surface area (Å²) in [6.45, 7) is 5.28. The minimum atomic E-state index is -0.829. The number of aryl methyl sites for hydroxylation is 2.